The Morgan fingerprint density at radius 3 is 2.42 bits per heavy atom. The summed E-state index contributed by atoms with van der Waals surface area (Å²) in [4.78, 5) is 0. The van der Waals surface area contributed by atoms with Crippen LogP contribution in [0.15, 0.2) is 42.7 Å². The van der Waals surface area contributed by atoms with E-state index in [1.165, 1.54) is 16.7 Å². The largest absolute Gasteiger partial charge is 0.354 e. The molecule has 2 rings (SSSR count). The summed E-state index contributed by atoms with van der Waals surface area (Å²) in [5.41, 5.74) is 4.05. The van der Waals surface area contributed by atoms with Crippen molar-refractivity contribution in [1.29, 1.82) is 0 Å². The maximum Gasteiger partial charge on any atom is 0.0320 e. The Hall–Kier alpha value is -1.54. The normalized spacial score (nSPS) is 12.6. The van der Waals surface area contributed by atoms with E-state index in [0.29, 0.717) is 6.04 Å². The molecular weight excluding hydrogens is 232 g/mol. The van der Waals surface area contributed by atoms with Gasteiger partial charge in [0.1, 0.15) is 0 Å². The van der Waals surface area contributed by atoms with Gasteiger partial charge in [-0.1, -0.05) is 36.8 Å². The number of aromatic nitrogens is 1. The highest BCUT2D eigenvalue weighted by molar-refractivity contribution is 5.24. The van der Waals surface area contributed by atoms with Crippen LogP contribution in [0.1, 0.15) is 43.0 Å². The van der Waals surface area contributed by atoms with Gasteiger partial charge in [-0.15, -0.1) is 0 Å². The molecule has 0 aliphatic rings. The first kappa shape index (κ1) is 13.9. The zero-order chi connectivity index (χ0) is 13.7. The summed E-state index contributed by atoms with van der Waals surface area (Å²) in [5, 5.41) is 3.65. The summed E-state index contributed by atoms with van der Waals surface area (Å²) < 4.78 is 2.21. The fraction of sp³-hybridized carbons (Fsp3) is 0.412. The van der Waals surface area contributed by atoms with Gasteiger partial charge in [0.05, 0.1) is 0 Å². The van der Waals surface area contributed by atoms with Crippen LogP contribution in [0.5, 0.6) is 0 Å². The van der Waals surface area contributed by atoms with E-state index in [9.17, 15) is 0 Å². The molecule has 0 saturated heterocycles. The Balaban J connectivity index is 1.97. The molecule has 102 valence electrons. The first-order valence-electron chi connectivity index (χ1n) is 7.17. The summed E-state index contributed by atoms with van der Waals surface area (Å²) in [6, 6.07) is 11.5. The minimum atomic E-state index is 0.436. The number of aryl methyl sites for hydroxylation is 2. The van der Waals surface area contributed by atoms with E-state index in [4.69, 9.17) is 0 Å². The third-order valence-electron chi connectivity index (χ3n) is 3.62. The number of rotatable bonds is 6. The number of hydrogen-bond acceptors (Lipinski definition) is 1. The molecule has 0 aliphatic carbocycles. The van der Waals surface area contributed by atoms with E-state index < -0.39 is 0 Å². The first-order valence-corrected chi connectivity index (χ1v) is 7.17. The molecule has 0 aliphatic heterocycles. The molecule has 0 radical (unpaired) electrons. The van der Waals surface area contributed by atoms with Gasteiger partial charge in [0.2, 0.25) is 0 Å². The lowest BCUT2D eigenvalue weighted by Gasteiger charge is -2.17. The Labute approximate surface area is 116 Å². The SMILES string of the molecule is CCC(NCc1ccn(CC)c1)c1ccc(C)cc1. The second-order valence-corrected chi connectivity index (χ2v) is 5.10. The van der Waals surface area contributed by atoms with Gasteiger partial charge in [-0.05, 0) is 37.5 Å². The minimum Gasteiger partial charge on any atom is -0.354 e. The molecule has 0 fully saturated rings. The topological polar surface area (TPSA) is 17.0 Å². The zero-order valence-corrected chi connectivity index (χ0v) is 12.2. The lowest BCUT2D eigenvalue weighted by Crippen LogP contribution is -2.20. The molecule has 0 spiro atoms. The van der Waals surface area contributed by atoms with Crippen LogP contribution in [0.25, 0.3) is 0 Å². The van der Waals surface area contributed by atoms with Crippen LogP contribution in [-0.2, 0) is 13.1 Å². The van der Waals surface area contributed by atoms with Crippen molar-refractivity contribution >= 4 is 0 Å². The van der Waals surface area contributed by atoms with Crippen molar-refractivity contribution in [3.8, 4) is 0 Å². The van der Waals surface area contributed by atoms with Crippen LogP contribution < -0.4 is 5.32 Å². The monoisotopic (exact) mass is 256 g/mol. The summed E-state index contributed by atoms with van der Waals surface area (Å²) in [6.07, 6.45) is 5.47. The summed E-state index contributed by atoms with van der Waals surface area (Å²) in [6.45, 7) is 8.49. The van der Waals surface area contributed by atoms with Gasteiger partial charge < -0.3 is 9.88 Å². The average molecular weight is 256 g/mol. The van der Waals surface area contributed by atoms with Gasteiger partial charge in [0, 0.05) is 31.5 Å². The van der Waals surface area contributed by atoms with Gasteiger partial charge in [-0.25, -0.2) is 0 Å². The van der Waals surface area contributed by atoms with E-state index in [1.807, 2.05) is 0 Å². The van der Waals surface area contributed by atoms with Crippen molar-refractivity contribution in [1.82, 2.24) is 9.88 Å². The maximum atomic E-state index is 3.65. The summed E-state index contributed by atoms with van der Waals surface area (Å²) in [5.74, 6) is 0. The van der Waals surface area contributed by atoms with Crippen molar-refractivity contribution in [2.75, 3.05) is 0 Å². The molecule has 0 saturated carbocycles. The predicted octanol–water partition coefficient (Wildman–Crippen LogP) is 4.06. The van der Waals surface area contributed by atoms with E-state index in [2.05, 4.69) is 73.4 Å². The van der Waals surface area contributed by atoms with Crippen molar-refractivity contribution in [3.63, 3.8) is 0 Å². The Kier molecular flexibility index (Phi) is 4.80. The molecule has 19 heavy (non-hydrogen) atoms. The van der Waals surface area contributed by atoms with Gasteiger partial charge in [-0.3, -0.25) is 0 Å². The molecule has 1 heterocycles. The number of hydrogen-bond donors (Lipinski definition) is 1. The second kappa shape index (κ2) is 6.58. The van der Waals surface area contributed by atoms with E-state index in [0.717, 1.165) is 19.5 Å². The number of nitrogens with zero attached hydrogens (tertiary/aromatic N) is 1. The zero-order valence-electron chi connectivity index (χ0n) is 12.2. The van der Waals surface area contributed by atoms with Crippen molar-refractivity contribution in [2.45, 2.75) is 46.3 Å². The third kappa shape index (κ3) is 3.71. The predicted molar refractivity (Wildman–Crippen MR) is 81.2 cm³/mol. The smallest absolute Gasteiger partial charge is 0.0320 e. The van der Waals surface area contributed by atoms with Crippen LogP contribution in [0.2, 0.25) is 0 Å². The van der Waals surface area contributed by atoms with Crippen molar-refractivity contribution in [3.05, 3.63) is 59.4 Å². The molecule has 2 aromatic rings. The quantitative estimate of drug-likeness (QED) is 0.825. The van der Waals surface area contributed by atoms with Crippen molar-refractivity contribution < 1.29 is 0 Å². The molecule has 1 N–H and O–H groups in total. The van der Waals surface area contributed by atoms with Gasteiger partial charge in [0.15, 0.2) is 0 Å². The molecule has 1 unspecified atom stereocenters. The molecule has 1 atom stereocenters. The number of benzene rings is 1. The van der Waals surface area contributed by atoms with Crippen LogP contribution in [0.4, 0.5) is 0 Å². The summed E-state index contributed by atoms with van der Waals surface area (Å²) >= 11 is 0. The van der Waals surface area contributed by atoms with E-state index in [-0.39, 0.29) is 0 Å². The van der Waals surface area contributed by atoms with Crippen LogP contribution >= 0.6 is 0 Å². The lowest BCUT2D eigenvalue weighted by atomic mass is 10.0. The Bertz CT molecular complexity index is 496. The van der Waals surface area contributed by atoms with Gasteiger partial charge in [-0.2, -0.15) is 0 Å². The Morgan fingerprint density at radius 1 is 1.11 bits per heavy atom. The molecule has 1 aromatic heterocycles. The average Bonchev–Trinajstić information content (AvgIpc) is 2.89. The summed E-state index contributed by atoms with van der Waals surface area (Å²) in [7, 11) is 0. The van der Waals surface area contributed by atoms with Crippen LogP contribution in [-0.4, -0.2) is 4.57 Å². The molecule has 0 bridgehead atoms. The highest BCUT2D eigenvalue weighted by Crippen LogP contribution is 2.17. The molecule has 0 amide bonds. The van der Waals surface area contributed by atoms with Gasteiger partial charge >= 0.3 is 0 Å². The highest BCUT2D eigenvalue weighted by atomic mass is 14.9. The minimum absolute atomic E-state index is 0.436. The van der Waals surface area contributed by atoms with Crippen LogP contribution in [0, 0.1) is 6.92 Å². The highest BCUT2D eigenvalue weighted by Gasteiger charge is 2.08. The maximum absolute atomic E-state index is 3.65. The van der Waals surface area contributed by atoms with Crippen LogP contribution in [0.3, 0.4) is 0 Å². The molecule has 2 nitrogen and oxygen atoms in total. The fourth-order valence-electron chi connectivity index (χ4n) is 2.33. The third-order valence-corrected chi connectivity index (χ3v) is 3.62. The molecular formula is C17H24N2. The standard InChI is InChI=1S/C17H24N2/c1-4-17(16-8-6-14(3)7-9-16)18-12-15-10-11-19(5-2)13-15/h6-11,13,17-18H,4-5,12H2,1-3H3. The van der Waals surface area contributed by atoms with Crippen molar-refractivity contribution in [2.24, 2.45) is 0 Å². The first-order chi connectivity index (χ1) is 9.22. The fourth-order valence-corrected chi connectivity index (χ4v) is 2.33. The second-order valence-electron chi connectivity index (χ2n) is 5.10. The number of nitrogens with one attached hydrogen (secondary N) is 1. The molecule has 1 aromatic carbocycles. The molecule has 2 heteroatoms. The van der Waals surface area contributed by atoms with Gasteiger partial charge in [0.25, 0.3) is 0 Å². The van der Waals surface area contributed by atoms with E-state index in [1.54, 1.807) is 0 Å². The Morgan fingerprint density at radius 2 is 1.84 bits per heavy atom. The lowest BCUT2D eigenvalue weighted by molar-refractivity contribution is 0.518. The van der Waals surface area contributed by atoms with E-state index >= 15 is 0 Å².